The van der Waals surface area contributed by atoms with Gasteiger partial charge in [0.25, 0.3) is 5.56 Å². The fourth-order valence-corrected chi connectivity index (χ4v) is 5.54. The van der Waals surface area contributed by atoms with Gasteiger partial charge in [-0.3, -0.25) is 9.36 Å². The van der Waals surface area contributed by atoms with Crippen molar-refractivity contribution in [3.8, 4) is 28.0 Å². The molecule has 0 bridgehead atoms. The largest absolute Gasteiger partial charge is 0.480 e. The van der Waals surface area contributed by atoms with E-state index in [1.807, 2.05) is 0 Å². The molecular formula is C26H21F2N7O5S. The second-order valence-electron chi connectivity index (χ2n) is 8.57. The van der Waals surface area contributed by atoms with Crippen molar-refractivity contribution in [2.75, 3.05) is 14.2 Å². The highest BCUT2D eigenvalue weighted by Crippen LogP contribution is 2.37. The number of pyridine rings is 1. The summed E-state index contributed by atoms with van der Waals surface area (Å²) in [6, 6.07) is 9.20. The van der Waals surface area contributed by atoms with Crippen LogP contribution in [0.25, 0.3) is 26.5 Å². The molecule has 3 N–H and O–H groups in total. The molecule has 4 heterocycles. The van der Waals surface area contributed by atoms with Crippen LogP contribution in [0.5, 0.6) is 11.8 Å². The Morgan fingerprint density at radius 1 is 1.05 bits per heavy atom. The fourth-order valence-electron chi connectivity index (χ4n) is 4.25. The highest BCUT2D eigenvalue weighted by Gasteiger charge is 2.25. The number of ether oxygens (including phenoxy) is 2. The first kappa shape index (κ1) is 27.5. The van der Waals surface area contributed by atoms with Crippen LogP contribution in [0.3, 0.4) is 0 Å². The van der Waals surface area contributed by atoms with Gasteiger partial charge in [-0.05, 0) is 36.9 Å². The van der Waals surface area contributed by atoms with E-state index in [-0.39, 0.29) is 39.9 Å². The predicted molar refractivity (Wildman–Crippen MR) is 145 cm³/mol. The molecule has 0 aliphatic carbocycles. The standard InChI is InChI=1S/C26H21F2N7O5S/c1-30-11-14-21-23(36)35(18-7-9-20(39-2)33-32-18)26(38)34(12-15-16(27)4-3-5-17(15)28)24(21)41-22(14)13-6-8-19(31-10-13)40-25(29)37/h3-10,30H,11-12H2,1-2H3,(H2,29,37). The Labute approximate surface area is 233 Å². The minimum Gasteiger partial charge on any atom is -0.480 e. The number of nitrogens with zero attached hydrogens (tertiary/aromatic N) is 5. The lowest BCUT2D eigenvalue weighted by Gasteiger charge is -2.13. The Morgan fingerprint density at radius 3 is 2.37 bits per heavy atom. The number of primary amides is 1. The molecule has 0 fully saturated rings. The molecule has 0 unspecified atom stereocenters. The van der Waals surface area contributed by atoms with Gasteiger partial charge >= 0.3 is 11.8 Å². The van der Waals surface area contributed by atoms with Crippen LogP contribution < -0.4 is 31.8 Å². The van der Waals surface area contributed by atoms with Gasteiger partial charge < -0.3 is 20.5 Å². The number of nitrogens with two attached hydrogens (primary N) is 1. The first-order valence-electron chi connectivity index (χ1n) is 11.9. The van der Waals surface area contributed by atoms with Gasteiger partial charge in [-0.15, -0.1) is 21.5 Å². The summed E-state index contributed by atoms with van der Waals surface area (Å²) in [5, 5.41) is 11.0. The van der Waals surface area contributed by atoms with Crippen LogP contribution in [-0.2, 0) is 13.1 Å². The van der Waals surface area contributed by atoms with Crippen LogP contribution >= 0.6 is 11.3 Å². The summed E-state index contributed by atoms with van der Waals surface area (Å²) in [6.45, 7) is -0.328. The molecule has 0 saturated heterocycles. The first-order valence-corrected chi connectivity index (χ1v) is 12.8. The lowest BCUT2D eigenvalue weighted by atomic mass is 10.1. The zero-order valence-corrected chi connectivity index (χ0v) is 22.4. The van der Waals surface area contributed by atoms with Crippen LogP contribution in [0, 0.1) is 11.6 Å². The number of nitrogens with one attached hydrogen (secondary N) is 1. The van der Waals surface area contributed by atoms with E-state index in [0.29, 0.717) is 16.0 Å². The van der Waals surface area contributed by atoms with Gasteiger partial charge in [0.15, 0.2) is 5.82 Å². The third kappa shape index (κ3) is 5.15. The molecule has 15 heteroatoms. The van der Waals surface area contributed by atoms with E-state index in [2.05, 4.69) is 20.5 Å². The number of hydrogen-bond donors (Lipinski definition) is 2. The average molecular weight is 582 g/mol. The molecule has 4 aromatic heterocycles. The van der Waals surface area contributed by atoms with E-state index in [1.54, 1.807) is 13.1 Å². The topological polar surface area (TPSA) is 156 Å². The van der Waals surface area contributed by atoms with Gasteiger partial charge in [0.2, 0.25) is 11.8 Å². The molecule has 0 aliphatic rings. The lowest BCUT2D eigenvalue weighted by Crippen LogP contribution is -2.39. The van der Waals surface area contributed by atoms with E-state index in [1.165, 1.54) is 37.6 Å². The Balaban J connectivity index is 1.82. The van der Waals surface area contributed by atoms with E-state index in [9.17, 15) is 23.2 Å². The van der Waals surface area contributed by atoms with Crippen LogP contribution in [0.15, 0.2) is 58.3 Å². The van der Waals surface area contributed by atoms with Crippen LogP contribution in [-0.4, -0.2) is 44.6 Å². The number of fused-ring (bicyclic) bond motifs is 1. The van der Waals surface area contributed by atoms with Crippen molar-refractivity contribution in [3.05, 3.63) is 92.3 Å². The number of thiophene rings is 1. The smallest absolute Gasteiger partial charge is 0.411 e. The van der Waals surface area contributed by atoms with Crippen molar-refractivity contribution < 1.29 is 23.0 Å². The molecule has 0 aliphatic heterocycles. The van der Waals surface area contributed by atoms with Crippen LogP contribution in [0.1, 0.15) is 11.1 Å². The van der Waals surface area contributed by atoms with Gasteiger partial charge in [0.1, 0.15) is 16.5 Å². The monoisotopic (exact) mass is 581 g/mol. The molecule has 0 atom stereocenters. The summed E-state index contributed by atoms with van der Waals surface area (Å²) in [6.07, 6.45) is 0.378. The molecule has 0 saturated carbocycles. The number of benzene rings is 1. The minimum atomic E-state index is -1.03. The molecule has 5 aromatic rings. The summed E-state index contributed by atoms with van der Waals surface area (Å²) >= 11 is 1.07. The van der Waals surface area contributed by atoms with E-state index in [0.717, 1.165) is 32.6 Å². The molecule has 12 nitrogen and oxygen atoms in total. The number of halogens is 2. The van der Waals surface area contributed by atoms with Crippen molar-refractivity contribution >= 4 is 27.6 Å². The predicted octanol–water partition coefficient (Wildman–Crippen LogP) is 2.58. The van der Waals surface area contributed by atoms with Crippen LogP contribution in [0.4, 0.5) is 13.6 Å². The third-order valence-corrected chi connectivity index (χ3v) is 7.38. The molecule has 5 rings (SSSR count). The molecule has 210 valence electrons. The Bertz CT molecular complexity index is 1870. The van der Waals surface area contributed by atoms with Crippen molar-refractivity contribution in [1.82, 2.24) is 29.6 Å². The Morgan fingerprint density at radius 2 is 1.78 bits per heavy atom. The summed E-state index contributed by atoms with van der Waals surface area (Å²) in [5.74, 6) is -1.70. The van der Waals surface area contributed by atoms with Gasteiger partial charge in [-0.25, -0.2) is 27.9 Å². The second-order valence-corrected chi connectivity index (χ2v) is 9.57. The number of carbonyl (C=O) groups is 1. The van der Waals surface area contributed by atoms with Gasteiger partial charge in [-0.2, -0.15) is 0 Å². The SMILES string of the molecule is CNCc1c(-c2ccc(OC(N)=O)nc2)sc2c1c(=O)n(-c1ccc(OC)nn1)c(=O)n2Cc1c(F)cccc1F. The molecular weight excluding hydrogens is 560 g/mol. The summed E-state index contributed by atoms with van der Waals surface area (Å²) in [5.41, 5.74) is 4.14. The van der Waals surface area contributed by atoms with E-state index in [4.69, 9.17) is 15.2 Å². The fraction of sp³-hybridized carbons (Fsp3) is 0.154. The highest BCUT2D eigenvalue weighted by molar-refractivity contribution is 7.22. The first-order chi connectivity index (χ1) is 19.7. The maximum absolute atomic E-state index is 14.7. The Kier molecular flexibility index (Phi) is 7.54. The van der Waals surface area contributed by atoms with Crippen LogP contribution in [0.2, 0.25) is 0 Å². The highest BCUT2D eigenvalue weighted by atomic mass is 32.1. The van der Waals surface area contributed by atoms with E-state index < -0.39 is 35.5 Å². The normalized spacial score (nSPS) is 11.1. The summed E-state index contributed by atoms with van der Waals surface area (Å²) in [4.78, 5) is 43.7. The number of rotatable bonds is 8. The molecule has 1 aromatic carbocycles. The van der Waals surface area contributed by atoms with Gasteiger partial charge in [0.05, 0.1) is 19.0 Å². The second kappa shape index (κ2) is 11.2. The van der Waals surface area contributed by atoms with Crippen molar-refractivity contribution in [3.63, 3.8) is 0 Å². The lowest BCUT2D eigenvalue weighted by molar-refractivity contribution is 0.209. The summed E-state index contributed by atoms with van der Waals surface area (Å²) in [7, 11) is 3.06. The van der Waals surface area contributed by atoms with E-state index >= 15 is 0 Å². The molecule has 1 amide bonds. The molecule has 0 spiro atoms. The zero-order valence-electron chi connectivity index (χ0n) is 21.6. The third-order valence-electron chi connectivity index (χ3n) is 6.07. The number of aromatic nitrogens is 5. The van der Waals surface area contributed by atoms with Gasteiger partial charge in [0, 0.05) is 40.9 Å². The van der Waals surface area contributed by atoms with Crippen molar-refractivity contribution in [2.24, 2.45) is 5.73 Å². The molecule has 41 heavy (non-hydrogen) atoms. The maximum atomic E-state index is 14.7. The van der Waals surface area contributed by atoms with Crippen molar-refractivity contribution in [2.45, 2.75) is 13.1 Å². The number of hydrogen-bond acceptors (Lipinski definition) is 10. The number of carbonyl (C=O) groups excluding carboxylic acids is 1. The quantitative estimate of drug-likeness (QED) is 0.281. The number of methoxy groups -OCH3 is 1. The number of amides is 1. The molecule has 0 radical (unpaired) electrons. The minimum absolute atomic E-state index is 0.0371. The Hall–Kier alpha value is -5.02. The summed E-state index contributed by atoms with van der Waals surface area (Å²) < 4.78 is 41.2. The van der Waals surface area contributed by atoms with Gasteiger partial charge in [-0.1, -0.05) is 6.07 Å². The zero-order chi connectivity index (χ0) is 29.3. The maximum Gasteiger partial charge on any atom is 0.411 e. The van der Waals surface area contributed by atoms with Crippen molar-refractivity contribution in [1.29, 1.82) is 0 Å². The average Bonchev–Trinajstić information content (AvgIpc) is 3.32.